The second-order valence-corrected chi connectivity index (χ2v) is 4.62. The molecule has 0 saturated carbocycles. The molecule has 2 heterocycles. The number of rotatable bonds is 3. The monoisotopic (exact) mass is 236 g/mol. The first-order valence-electron chi connectivity index (χ1n) is 6.24. The van der Waals surface area contributed by atoms with Crippen LogP contribution in [0.5, 0.6) is 0 Å². The van der Waals surface area contributed by atoms with Gasteiger partial charge in [-0.05, 0) is 45.4 Å². The summed E-state index contributed by atoms with van der Waals surface area (Å²) in [5.74, 6) is 1.28. The second-order valence-electron chi connectivity index (χ2n) is 4.62. The van der Waals surface area contributed by atoms with Crippen molar-refractivity contribution in [2.45, 2.75) is 32.2 Å². The first kappa shape index (κ1) is 12.2. The quantitative estimate of drug-likeness (QED) is 0.870. The fraction of sp³-hybridized carbons (Fsp3) is 0.615. The molecule has 0 aromatic carbocycles. The Kier molecular flexibility index (Phi) is 3.84. The molecule has 2 rings (SSSR count). The van der Waals surface area contributed by atoms with Crippen molar-refractivity contribution in [2.24, 2.45) is 0 Å². The van der Waals surface area contributed by atoms with Crippen LogP contribution in [0, 0.1) is 6.92 Å². The number of carbonyl (C=O) groups is 1. The highest BCUT2D eigenvalue weighted by molar-refractivity contribution is 5.91. The van der Waals surface area contributed by atoms with E-state index in [-0.39, 0.29) is 5.91 Å². The summed E-state index contributed by atoms with van der Waals surface area (Å²) in [6.45, 7) is 3.55. The highest BCUT2D eigenvalue weighted by atomic mass is 16.3. The van der Waals surface area contributed by atoms with Gasteiger partial charge in [0.25, 0.3) is 5.91 Å². The fourth-order valence-electron chi connectivity index (χ4n) is 2.41. The van der Waals surface area contributed by atoms with E-state index in [0.29, 0.717) is 11.8 Å². The highest BCUT2D eigenvalue weighted by Gasteiger charge is 2.28. The molecule has 1 aliphatic heterocycles. The Hall–Kier alpha value is -1.29. The summed E-state index contributed by atoms with van der Waals surface area (Å²) < 4.78 is 5.41. The molecule has 1 amide bonds. The zero-order valence-electron chi connectivity index (χ0n) is 10.5. The van der Waals surface area contributed by atoms with Crippen molar-refractivity contribution in [1.82, 2.24) is 10.2 Å². The molecule has 4 heteroatoms. The van der Waals surface area contributed by atoms with Gasteiger partial charge in [0.2, 0.25) is 0 Å². The summed E-state index contributed by atoms with van der Waals surface area (Å²) in [7, 11) is 1.92. The molecule has 4 nitrogen and oxygen atoms in total. The maximum Gasteiger partial charge on any atom is 0.289 e. The summed E-state index contributed by atoms with van der Waals surface area (Å²) in [4.78, 5) is 14.2. The number of hydrogen-bond donors (Lipinski definition) is 1. The summed E-state index contributed by atoms with van der Waals surface area (Å²) in [6, 6.07) is 3.90. The molecule has 1 aromatic rings. The van der Waals surface area contributed by atoms with Crippen LogP contribution in [-0.2, 0) is 0 Å². The number of piperidine rings is 1. The Morgan fingerprint density at radius 1 is 1.53 bits per heavy atom. The van der Waals surface area contributed by atoms with Gasteiger partial charge in [0.1, 0.15) is 5.76 Å². The second kappa shape index (κ2) is 5.36. The number of aryl methyl sites for hydroxylation is 1. The van der Waals surface area contributed by atoms with Crippen LogP contribution >= 0.6 is 0 Å². The number of hydrogen-bond acceptors (Lipinski definition) is 3. The van der Waals surface area contributed by atoms with E-state index in [2.05, 4.69) is 5.32 Å². The van der Waals surface area contributed by atoms with Crippen LogP contribution in [0.15, 0.2) is 16.5 Å². The number of likely N-dealkylation sites (tertiary alicyclic amines) is 1. The van der Waals surface area contributed by atoms with Gasteiger partial charge in [-0.2, -0.15) is 0 Å². The minimum Gasteiger partial charge on any atom is -0.456 e. The number of carbonyl (C=O) groups excluding carboxylic acids is 1. The molecule has 1 saturated heterocycles. The van der Waals surface area contributed by atoms with Crippen molar-refractivity contribution in [2.75, 3.05) is 20.1 Å². The number of amides is 1. The minimum absolute atomic E-state index is 0.0260. The van der Waals surface area contributed by atoms with Crippen molar-refractivity contribution in [1.29, 1.82) is 0 Å². The zero-order chi connectivity index (χ0) is 12.3. The predicted molar refractivity (Wildman–Crippen MR) is 66.0 cm³/mol. The smallest absolute Gasteiger partial charge is 0.289 e. The molecule has 94 valence electrons. The van der Waals surface area contributed by atoms with E-state index in [1.807, 2.05) is 24.9 Å². The van der Waals surface area contributed by atoms with Gasteiger partial charge >= 0.3 is 0 Å². The van der Waals surface area contributed by atoms with Crippen molar-refractivity contribution >= 4 is 5.91 Å². The normalized spacial score (nSPS) is 20.6. The molecular formula is C13H20N2O2. The third kappa shape index (κ3) is 2.69. The van der Waals surface area contributed by atoms with Crippen LogP contribution in [-0.4, -0.2) is 37.0 Å². The maximum atomic E-state index is 12.3. The zero-order valence-corrected chi connectivity index (χ0v) is 10.5. The van der Waals surface area contributed by atoms with Gasteiger partial charge in [-0.1, -0.05) is 0 Å². The van der Waals surface area contributed by atoms with Crippen molar-refractivity contribution in [3.8, 4) is 0 Å². The molecule has 1 unspecified atom stereocenters. The lowest BCUT2D eigenvalue weighted by molar-refractivity contribution is 0.0581. The van der Waals surface area contributed by atoms with Crippen molar-refractivity contribution in [3.05, 3.63) is 23.7 Å². The Balaban J connectivity index is 2.10. The van der Waals surface area contributed by atoms with Gasteiger partial charge in [0, 0.05) is 19.1 Å². The van der Waals surface area contributed by atoms with Crippen LogP contribution in [0.4, 0.5) is 0 Å². The standard InChI is InChI=1S/C13H20N2O2/c1-10-6-7-12(17-10)13(16)15-8-4-3-5-11(15)9-14-2/h6-7,11,14H,3-5,8-9H2,1-2H3. The van der Waals surface area contributed by atoms with Crippen LogP contribution in [0.1, 0.15) is 35.6 Å². The van der Waals surface area contributed by atoms with Gasteiger partial charge < -0.3 is 14.6 Å². The SMILES string of the molecule is CNCC1CCCCN1C(=O)c1ccc(C)o1. The van der Waals surface area contributed by atoms with Gasteiger partial charge in [-0.3, -0.25) is 4.79 Å². The molecule has 0 bridgehead atoms. The Morgan fingerprint density at radius 3 is 3.00 bits per heavy atom. The average molecular weight is 236 g/mol. The summed E-state index contributed by atoms with van der Waals surface area (Å²) in [5.41, 5.74) is 0. The van der Waals surface area contributed by atoms with E-state index < -0.39 is 0 Å². The Labute approximate surface area is 102 Å². The van der Waals surface area contributed by atoms with Crippen LogP contribution < -0.4 is 5.32 Å². The average Bonchev–Trinajstić information content (AvgIpc) is 2.76. The van der Waals surface area contributed by atoms with Crippen LogP contribution in [0.3, 0.4) is 0 Å². The van der Waals surface area contributed by atoms with Crippen LogP contribution in [0.25, 0.3) is 0 Å². The first-order valence-corrected chi connectivity index (χ1v) is 6.24. The van der Waals surface area contributed by atoms with E-state index in [9.17, 15) is 4.79 Å². The summed E-state index contributed by atoms with van der Waals surface area (Å²) >= 11 is 0. The van der Waals surface area contributed by atoms with E-state index in [1.54, 1.807) is 6.07 Å². The number of furan rings is 1. The molecule has 1 aliphatic rings. The number of nitrogens with one attached hydrogen (secondary N) is 1. The van der Waals surface area contributed by atoms with Crippen molar-refractivity contribution < 1.29 is 9.21 Å². The molecule has 17 heavy (non-hydrogen) atoms. The lowest BCUT2D eigenvalue weighted by Gasteiger charge is -2.35. The predicted octanol–water partition coefficient (Wildman–Crippen LogP) is 1.80. The van der Waals surface area contributed by atoms with Crippen molar-refractivity contribution in [3.63, 3.8) is 0 Å². The third-order valence-electron chi connectivity index (χ3n) is 3.28. The molecule has 1 atom stereocenters. The molecule has 1 aromatic heterocycles. The third-order valence-corrected chi connectivity index (χ3v) is 3.28. The molecule has 0 aliphatic carbocycles. The number of nitrogens with zero attached hydrogens (tertiary/aromatic N) is 1. The lowest BCUT2D eigenvalue weighted by Crippen LogP contribution is -2.47. The fourth-order valence-corrected chi connectivity index (χ4v) is 2.41. The van der Waals surface area contributed by atoms with Gasteiger partial charge in [-0.25, -0.2) is 0 Å². The van der Waals surface area contributed by atoms with Gasteiger partial charge in [0.05, 0.1) is 0 Å². The Bertz CT molecular complexity index is 385. The highest BCUT2D eigenvalue weighted by Crippen LogP contribution is 2.20. The topological polar surface area (TPSA) is 45.5 Å². The minimum atomic E-state index is 0.0260. The lowest BCUT2D eigenvalue weighted by atomic mass is 10.0. The Morgan fingerprint density at radius 2 is 2.35 bits per heavy atom. The van der Waals surface area contributed by atoms with E-state index in [1.165, 1.54) is 6.42 Å². The molecular weight excluding hydrogens is 216 g/mol. The van der Waals surface area contributed by atoms with E-state index >= 15 is 0 Å². The molecule has 1 fully saturated rings. The van der Waals surface area contributed by atoms with Crippen LogP contribution in [0.2, 0.25) is 0 Å². The molecule has 0 radical (unpaired) electrons. The maximum absolute atomic E-state index is 12.3. The van der Waals surface area contributed by atoms with Gasteiger partial charge in [-0.15, -0.1) is 0 Å². The largest absolute Gasteiger partial charge is 0.456 e. The molecule has 1 N–H and O–H groups in total. The summed E-state index contributed by atoms with van der Waals surface area (Å²) in [6.07, 6.45) is 3.37. The summed E-state index contributed by atoms with van der Waals surface area (Å²) in [5, 5.41) is 3.15. The number of likely N-dealkylation sites (N-methyl/N-ethyl adjacent to an activating group) is 1. The molecule has 0 spiro atoms. The van der Waals surface area contributed by atoms with Gasteiger partial charge in [0.15, 0.2) is 5.76 Å². The first-order chi connectivity index (χ1) is 8.22. The van der Waals surface area contributed by atoms with E-state index in [0.717, 1.165) is 31.7 Å². The van der Waals surface area contributed by atoms with E-state index in [4.69, 9.17) is 4.42 Å².